The average Bonchev–Trinajstić information content (AvgIpc) is 2.10. The number of carbonyl (C=O) groups is 1. The summed E-state index contributed by atoms with van der Waals surface area (Å²) in [7, 11) is 0. The second kappa shape index (κ2) is 4.36. The minimum atomic E-state index is -3.88. The monoisotopic (exact) mass is 297 g/mol. The predicted octanol–water partition coefficient (Wildman–Crippen LogP) is 2.80. The first-order valence-corrected chi connectivity index (χ1v) is 5.29. The van der Waals surface area contributed by atoms with E-state index < -0.39 is 11.2 Å². The van der Waals surface area contributed by atoms with Gasteiger partial charge in [-0.25, -0.2) is 4.79 Å². The lowest BCUT2D eigenvalue weighted by atomic mass is 10.3. The molecule has 0 heterocycles. The molecule has 82 valence electrons. The van der Waals surface area contributed by atoms with Crippen LogP contribution in [-0.2, 0) is 4.79 Å². The molecule has 0 radical (unpaired) electrons. The summed E-state index contributed by atoms with van der Waals surface area (Å²) in [5, 5.41) is 4.36. The molecule has 7 heteroatoms. The Labute approximate surface area is 96.8 Å². The number of aliphatic carboxylic acids is 1. The highest BCUT2D eigenvalue weighted by Gasteiger charge is 2.40. The molecule has 0 aliphatic rings. The molecule has 0 fully saturated rings. The Morgan fingerprint density at radius 2 is 2.13 bits per heavy atom. The molecule has 0 aromatic heterocycles. The highest BCUT2D eigenvalue weighted by molar-refractivity contribution is 9.10. The number of nitrogen functional groups attached to an aromatic ring is 1. The molecule has 1 rings (SSSR count). The number of alkyl halides is 2. The Bertz CT molecular complexity index is 400. The van der Waals surface area contributed by atoms with E-state index in [0.29, 0.717) is 4.47 Å². The second-order valence-corrected chi connectivity index (χ2v) is 4.68. The van der Waals surface area contributed by atoms with Gasteiger partial charge in [0.2, 0.25) is 0 Å². The number of benzene rings is 1. The van der Waals surface area contributed by atoms with Crippen LogP contribution >= 0.6 is 27.7 Å². The molecule has 0 amide bonds. The largest absolute Gasteiger partial charge is 0.476 e. The predicted molar refractivity (Wildman–Crippen MR) is 57.0 cm³/mol. The van der Waals surface area contributed by atoms with Crippen LogP contribution in [0.5, 0.6) is 0 Å². The third-order valence-corrected chi connectivity index (χ3v) is 2.96. The van der Waals surface area contributed by atoms with Crippen LogP contribution in [0.4, 0.5) is 14.5 Å². The SMILES string of the molecule is Nc1ccc(Br)cc1SC(F)(F)C(=O)O. The van der Waals surface area contributed by atoms with Gasteiger partial charge in [0.15, 0.2) is 0 Å². The summed E-state index contributed by atoms with van der Waals surface area (Å²) >= 11 is 2.99. The normalized spacial score (nSPS) is 11.4. The lowest BCUT2D eigenvalue weighted by Crippen LogP contribution is -2.23. The molecule has 1 aromatic rings. The number of carboxylic acids is 1. The van der Waals surface area contributed by atoms with Gasteiger partial charge in [-0.1, -0.05) is 15.9 Å². The Morgan fingerprint density at radius 3 is 2.67 bits per heavy atom. The van der Waals surface area contributed by atoms with Crippen molar-refractivity contribution in [3.63, 3.8) is 0 Å². The second-order valence-electron chi connectivity index (χ2n) is 2.61. The number of thioether (sulfide) groups is 1. The van der Waals surface area contributed by atoms with Gasteiger partial charge in [0.25, 0.3) is 0 Å². The summed E-state index contributed by atoms with van der Waals surface area (Å²) in [4.78, 5) is 10.2. The molecular weight excluding hydrogens is 292 g/mol. The molecule has 0 unspecified atom stereocenters. The van der Waals surface area contributed by atoms with E-state index in [-0.39, 0.29) is 22.3 Å². The minimum absolute atomic E-state index is 0.0248. The Hall–Kier alpha value is -0.820. The number of carboxylic acid groups (broad SMARTS) is 1. The number of rotatable bonds is 3. The van der Waals surface area contributed by atoms with E-state index >= 15 is 0 Å². The summed E-state index contributed by atoms with van der Waals surface area (Å²) < 4.78 is 26.2. The van der Waals surface area contributed by atoms with Crippen LogP contribution in [0.15, 0.2) is 27.6 Å². The number of hydrogen-bond acceptors (Lipinski definition) is 3. The number of anilines is 1. The van der Waals surface area contributed by atoms with Crippen molar-refractivity contribution in [1.29, 1.82) is 0 Å². The highest BCUT2D eigenvalue weighted by Crippen LogP contribution is 2.39. The molecule has 0 aliphatic heterocycles. The summed E-state index contributed by atoms with van der Waals surface area (Å²) in [5.41, 5.74) is 5.54. The van der Waals surface area contributed by atoms with Gasteiger partial charge in [-0.05, 0) is 30.0 Å². The summed E-state index contributed by atoms with van der Waals surface area (Å²) in [6, 6.07) is 4.35. The van der Waals surface area contributed by atoms with Crippen LogP contribution < -0.4 is 5.73 Å². The maximum Gasteiger partial charge on any atom is 0.393 e. The first kappa shape index (κ1) is 12.3. The van der Waals surface area contributed by atoms with Crippen molar-refractivity contribution in [2.75, 3.05) is 5.73 Å². The molecule has 0 aliphatic carbocycles. The van der Waals surface area contributed by atoms with E-state index in [2.05, 4.69) is 15.9 Å². The van der Waals surface area contributed by atoms with Gasteiger partial charge in [0.05, 0.1) is 0 Å². The van der Waals surface area contributed by atoms with Crippen LogP contribution in [-0.4, -0.2) is 16.3 Å². The quantitative estimate of drug-likeness (QED) is 0.665. The molecule has 0 atom stereocenters. The van der Waals surface area contributed by atoms with Gasteiger partial charge in [-0.3, -0.25) is 0 Å². The van der Waals surface area contributed by atoms with Gasteiger partial charge in [0.1, 0.15) is 0 Å². The van der Waals surface area contributed by atoms with E-state index in [4.69, 9.17) is 10.8 Å². The molecule has 1 aromatic carbocycles. The Balaban J connectivity index is 2.99. The van der Waals surface area contributed by atoms with Crippen LogP contribution in [0.1, 0.15) is 0 Å². The van der Waals surface area contributed by atoms with Crippen molar-refractivity contribution >= 4 is 39.3 Å². The smallest absolute Gasteiger partial charge is 0.393 e. The first-order valence-electron chi connectivity index (χ1n) is 3.68. The average molecular weight is 298 g/mol. The maximum absolute atomic E-state index is 12.8. The van der Waals surface area contributed by atoms with Crippen LogP contribution in [0.3, 0.4) is 0 Å². The summed E-state index contributed by atoms with van der Waals surface area (Å²) in [6.07, 6.45) is 0. The molecular formula is C8H6BrF2NO2S. The fraction of sp³-hybridized carbons (Fsp3) is 0.125. The van der Waals surface area contributed by atoms with Crippen molar-refractivity contribution in [2.45, 2.75) is 10.2 Å². The molecule has 0 spiro atoms. The lowest BCUT2D eigenvalue weighted by Gasteiger charge is -2.12. The van der Waals surface area contributed by atoms with Crippen LogP contribution in [0.25, 0.3) is 0 Å². The van der Waals surface area contributed by atoms with E-state index in [9.17, 15) is 13.6 Å². The van der Waals surface area contributed by atoms with E-state index in [1.54, 1.807) is 6.07 Å². The van der Waals surface area contributed by atoms with Gasteiger partial charge < -0.3 is 10.8 Å². The molecule has 3 N–H and O–H groups in total. The van der Waals surface area contributed by atoms with Crippen molar-refractivity contribution < 1.29 is 18.7 Å². The molecule has 0 saturated carbocycles. The van der Waals surface area contributed by atoms with Crippen molar-refractivity contribution in [3.8, 4) is 0 Å². The van der Waals surface area contributed by atoms with Gasteiger partial charge in [-0.2, -0.15) is 8.78 Å². The van der Waals surface area contributed by atoms with Gasteiger partial charge in [0, 0.05) is 15.1 Å². The minimum Gasteiger partial charge on any atom is -0.476 e. The molecule has 0 saturated heterocycles. The van der Waals surface area contributed by atoms with Crippen molar-refractivity contribution in [1.82, 2.24) is 0 Å². The summed E-state index contributed by atoms with van der Waals surface area (Å²) in [6.45, 7) is 0. The Kier molecular flexibility index (Phi) is 3.56. The number of hydrogen-bond donors (Lipinski definition) is 2. The number of halogens is 3. The fourth-order valence-electron chi connectivity index (χ4n) is 0.778. The topological polar surface area (TPSA) is 63.3 Å². The van der Waals surface area contributed by atoms with Gasteiger partial charge in [-0.15, -0.1) is 0 Å². The highest BCUT2D eigenvalue weighted by atomic mass is 79.9. The van der Waals surface area contributed by atoms with Gasteiger partial charge >= 0.3 is 11.2 Å². The van der Waals surface area contributed by atoms with Crippen LogP contribution in [0, 0.1) is 0 Å². The zero-order valence-corrected chi connectivity index (χ0v) is 9.61. The third-order valence-electron chi connectivity index (χ3n) is 1.46. The van der Waals surface area contributed by atoms with E-state index in [0.717, 1.165) is 0 Å². The van der Waals surface area contributed by atoms with Crippen molar-refractivity contribution in [3.05, 3.63) is 22.7 Å². The third kappa shape index (κ3) is 3.07. The Morgan fingerprint density at radius 1 is 1.53 bits per heavy atom. The summed E-state index contributed by atoms with van der Waals surface area (Å²) in [5.74, 6) is -2.19. The fourth-order valence-corrected chi connectivity index (χ4v) is 2.03. The lowest BCUT2D eigenvalue weighted by molar-refractivity contribution is -0.152. The standard InChI is InChI=1S/C8H6BrF2NO2S/c9-4-1-2-5(12)6(3-4)15-8(10,11)7(13)14/h1-3H,12H2,(H,13,14). The molecule has 3 nitrogen and oxygen atoms in total. The first-order chi connectivity index (χ1) is 6.83. The molecule has 0 bridgehead atoms. The van der Waals surface area contributed by atoms with Crippen molar-refractivity contribution in [2.24, 2.45) is 0 Å². The van der Waals surface area contributed by atoms with E-state index in [1.807, 2.05) is 0 Å². The zero-order chi connectivity index (χ0) is 11.6. The van der Waals surface area contributed by atoms with Crippen LogP contribution in [0.2, 0.25) is 0 Å². The molecule has 15 heavy (non-hydrogen) atoms. The van der Waals surface area contributed by atoms with E-state index in [1.165, 1.54) is 12.1 Å². The zero-order valence-electron chi connectivity index (χ0n) is 7.21. The maximum atomic E-state index is 12.8. The number of nitrogens with two attached hydrogens (primary N) is 1.